The molecule has 164 valence electrons. The topological polar surface area (TPSA) is 114 Å². The number of amides is 1. The van der Waals surface area contributed by atoms with Gasteiger partial charge in [0, 0.05) is 36.0 Å². The normalized spacial score (nSPS) is 13.1. The molecule has 0 saturated heterocycles. The number of hydrazine groups is 2. The second-order valence-corrected chi connectivity index (χ2v) is 8.27. The van der Waals surface area contributed by atoms with Crippen molar-refractivity contribution in [2.75, 3.05) is 6.54 Å². The molecule has 2 aromatic carbocycles. The third-order valence-corrected chi connectivity index (χ3v) is 5.62. The summed E-state index contributed by atoms with van der Waals surface area (Å²) in [7, 11) is 1.61. The average Bonchev–Trinajstić information content (AvgIpc) is 2.78. The molecule has 0 spiro atoms. The first-order valence-electron chi connectivity index (χ1n) is 9.77. The molecule has 4 N–H and O–H groups in total. The average molecular weight is 497 g/mol. The number of nitrogens with two attached hydrogens (primary N) is 1. The van der Waals surface area contributed by atoms with Gasteiger partial charge in [-0.3, -0.25) is 24.1 Å². The molecule has 0 atom stereocenters. The van der Waals surface area contributed by atoms with E-state index in [1.807, 2.05) is 24.3 Å². The molecule has 1 aromatic heterocycles. The van der Waals surface area contributed by atoms with E-state index in [4.69, 9.17) is 5.84 Å². The third-order valence-electron chi connectivity index (χ3n) is 5.12. The van der Waals surface area contributed by atoms with Gasteiger partial charge in [-0.2, -0.15) is 0 Å². The fourth-order valence-electron chi connectivity index (χ4n) is 3.49. The smallest absolute Gasteiger partial charge is 0.331 e. The van der Waals surface area contributed by atoms with E-state index in [1.165, 1.54) is 20.3 Å². The highest BCUT2D eigenvalue weighted by Crippen LogP contribution is 2.14. The Morgan fingerprint density at radius 3 is 2.75 bits per heavy atom. The van der Waals surface area contributed by atoms with Crippen LogP contribution in [0.3, 0.4) is 0 Å². The van der Waals surface area contributed by atoms with Gasteiger partial charge in [0.15, 0.2) is 0 Å². The molecule has 1 amide bonds. The minimum Gasteiger partial charge on any atom is -0.348 e. The van der Waals surface area contributed by atoms with E-state index < -0.39 is 11.2 Å². The number of hydrogen-bond donors (Lipinski definition) is 3. The molecule has 4 rings (SSSR count). The first-order chi connectivity index (χ1) is 15.3. The molecule has 0 aliphatic carbocycles. The van der Waals surface area contributed by atoms with E-state index in [0.717, 1.165) is 15.6 Å². The zero-order chi connectivity index (χ0) is 22.8. The number of aryl methyl sites for hydroxylation is 1. The standard InChI is InChI=1S/C22H21BrN6O3/c1-27-19-6-5-16(20(30)25-11-15-7-8-26-29(24)13-15)10-18(19)21(31)28(22(27)32)12-14-3-2-4-17(23)9-14/h2-10,13,26H,11-12,24H2,1H3,(H,25,30). The summed E-state index contributed by atoms with van der Waals surface area (Å²) in [6.45, 7) is 0.393. The first-order valence-corrected chi connectivity index (χ1v) is 10.6. The molecule has 1 aliphatic heterocycles. The number of carbonyl (C=O) groups is 1. The van der Waals surface area contributed by atoms with Gasteiger partial charge in [0.25, 0.3) is 11.5 Å². The molecular weight excluding hydrogens is 476 g/mol. The lowest BCUT2D eigenvalue weighted by atomic mass is 10.1. The highest BCUT2D eigenvalue weighted by Gasteiger charge is 2.15. The van der Waals surface area contributed by atoms with Crippen molar-refractivity contribution in [3.8, 4) is 0 Å². The number of rotatable bonds is 5. The Balaban J connectivity index is 1.67. The summed E-state index contributed by atoms with van der Waals surface area (Å²) in [4.78, 5) is 38.7. The summed E-state index contributed by atoms with van der Waals surface area (Å²) in [6, 6.07) is 12.1. The van der Waals surface area contributed by atoms with Crippen LogP contribution in [-0.4, -0.2) is 26.7 Å². The van der Waals surface area contributed by atoms with Crippen LogP contribution in [0.25, 0.3) is 10.9 Å². The van der Waals surface area contributed by atoms with Crippen molar-refractivity contribution in [1.29, 1.82) is 0 Å². The maximum absolute atomic E-state index is 13.2. The predicted molar refractivity (Wildman–Crippen MR) is 125 cm³/mol. The Morgan fingerprint density at radius 1 is 1.19 bits per heavy atom. The Hall–Kier alpha value is -3.63. The summed E-state index contributed by atoms with van der Waals surface area (Å²) in [5.41, 5.74) is 4.30. The fraction of sp³-hybridized carbons (Fsp3) is 0.136. The summed E-state index contributed by atoms with van der Waals surface area (Å²) >= 11 is 3.40. The highest BCUT2D eigenvalue weighted by atomic mass is 79.9. The quantitative estimate of drug-likeness (QED) is 0.459. The van der Waals surface area contributed by atoms with E-state index in [-0.39, 0.29) is 19.0 Å². The molecule has 0 bridgehead atoms. The van der Waals surface area contributed by atoms with Gasteiger partial charge in [0.2, 0.25) is 0 Å². The molecule has 0 saturated carbocycles. The van der Waals surface area contributed by atoms with Crippen LogP contribution in [0.4, 0.5) is 0 Å². The minimum absolute atomic E-state index is 0.126. The van der Waals surface area contributed by atoms with Crippen molar-refractivity contribution in [2.24, 2.45) is 12.9 Å². The van der Waals surface area contributed by atoms with Crippen LogP contribution in [-0.2, 0) is 13.6 Å². The van der Waals surface area contributed by atoms with Gasteiger partial charge in [0.1, 0.15) is 0 Å². The van der Waals surface area contributed by atoms with Crippen molar-refractivity contribution >= 4 is 32.7 Å². The van der Waals surface area contributed by atoms with Crippen LogP contribution in [0.15, 0.2) is 80.6 Å². The maximum atomic E-state index is 13.2. The van der Waals surface area contributed by atoms with Gasteiger partial charge >= 0.3 is 5.69 Å². The van der Waals surface area contributed by atoms with Crippen LogP contribution >= 0.6 is 15.9 Å². The summed E-state index contributed by atoms with van der Waals surface area (Å²) < 4.78 is 3.44. The number of hydrogen-bond acceptors (Lipinski definition) is 6. The van der Waals surface area contributed by atoms with E-state index in [1.54, 1.807) is 37.7 Å². The molecule has 0 radical (unpaired) electrons. The van der Waals surface area contributed by atoms with Crippen molar-refractivity contribution in [1.82, 2.24) is 25.0 Å². The van der Waals surface area contributed by atoms with Crippen molar-refractivity contribution < 1.29 is 4.79 Å². The molecule has 32 heavy (non-hydrogen) atoms. The lowest BCUT2D eigenvalue weighted by Crippen LogP contribution is -2.39. The van der Waals surface area contributed by atoms with E-state index in [2.05, 4.69) is 26.7 Å². The molecule has 9 nitrogen and oxygen atoms in total. The second kappa shape index (κ2) is 8.85. The Kier molecular flexibility index (Phi) is 5.97. The number of fused-ring (bicyclic) bond motifs is 1. The zero-order valence-electron chi connectivity index (χ0n) is 17.2. The molecule has 0 fully saturated rings. The van der Waals surface area contributed by atoms with Crippen molar-refractivity contribution in [3.05, 3.63) is 103 Å². The van der Waals surface area contributed by atoms with Crippen molar-refractivity contribution in [3.63, 3.8) is 0 Å². The van der Waals surface area contributed by atoms with Gasteiger partial charge in [-0.05, 0) is 47.5 Å². The van der Waals surface area contributed by atoms with E-state index in [0.29, 0.717) is 16.5 Å². The number of aromatic nitrogens is 2. The van der Waals surface area contributed by atoms with Crippen molar-refractivity contribution in [2.45, 2.75) is 6.54 Å². The SMILES string of the molecule is Cn1c(=O)n(Cc2cccc(Br)c2)c(=O)c2cc(C(=O)NCC3=CN(N)NC=C3)ccc21. The second-order valence-electron chi connectivity index (χ2n) is 7.35. The molecule has 10 heteroatoms. The Labute approximate surface area is 191 Å². The van der Waals surface area contributed by atoms with Crippen LogP contribution in [0.2, 0.25) is 0 Å². The first kappa shape index (κ1) is 21.6. The Morgan fingerprint density at radius 2 is 2.00 bits per heavy atom. The van der Waals surface area contributed by atoms with Gasteiger partial charge in [0.05, 0.1) is 17.4 Å². The number of benzene rings is 2. The number of carbonyl (C=O) groups excluding carboxylic acids is 1. The lowest BCUT2D eigenvalue weighted by Gasteiger charge is -2.19. The zero-order valence-corrected chi connectivity index (χ0v) is 18.8. The van der Waals surface area contributed by atoms with Gasteiger partial charge in [-0.15, -0.1) is 0 Å². The van der Waals surface area contributed by atoms with Gasteiger partial charge in [-0.25, -0.2) is 15.8 Å². The maximum Gasteiger partial charge on any atom is 0.331 e. The molecule has 3 aromatic rings. The van der Waals surface area contributed by atoms with Gasteiger partial charge in [-0.1, -0.05) is 28.1 Å². The van der Waals surface area contributed by atoms with Crippen LogP contribution in [0.5, 0.6) is 0 Å². The number of halogens is 1. The monoisotopic (exact) mass is 496 g/mol. The predicted octanol–water partition coefficient (Wildman–Crippen LogP) is 1.33. The molecule has 0 unspecified atom stereocenters. The van der Waals surface area contributed by atoms with Gasteiger partial charge < -0.3 is 5.32 Å². The molecular formula is C22H21BrN6O3. The van der Waals surface area contributed by atoms with Crippen LogP contribution < -0.4 is 27.8 Å². The van der Waals surface area contributed by atoms with E-state index in [9.17, 15) is 14.4 Å². The summed E-state index contributed by atoms with van der Waals surface area (Å²) in [5.74, 6) is 5.30. The van der Waals surface area contributed by atoms with Crippen LogP contribution in [0.1, 0.15) is 15.9 Å². The minimum atomic E-state index is -0.444. The third kappa shape index (κ3) is 4.36. The fourth-order valence-corrected chi connectivity index (χ4v) is 3.94. The molecule has 1 aliphatic rings. The largest absolute Gasteiger partial charge is 0.348 e. The van der Waals surface area contributed by atoms with E-state index >= 15 is 0 Å². The lowest BCUT2D eigenvalue weighted by molar-refractivity contribution is 0.0957. The summed E-state index contributed by atoms with van der Waals surface area (Å²) in [6.07, 6.45) is 5.10. The Bertz CT molecular complexity index is 1390. The summed E-state index contributed by atoms with van der Waals surface area (Å²) in [5, 5.41) is 4.39. The molecule has 2 heterocycles. The number of nitrogens with one attached hydrogen (secondary N) is 2. The highest BCUT2D eigenvalue weighted by molar-refractivity contribution is 9.10. The number of nitrogens with zero attached hydrogens (tertiary/aromatic N) is 3. The van der Waals surface area contributed by atoms with Crippen LogP contribution in [0, 0.1) is 0 Å².